The van der Waals surface area contributed by atoms with E-state index in [0.29, 0.717) is 49.7 Å². The van der Waals surface area contributed by atoms with Gasteiger partial charge in [0.25, 0.3) is 11.8 Å². The highest BCUT2D eigenvalue weighted by molar-refractivity contribution is 7.09. The number of benzene rings is 2. The van der Waals surface area contributed by atoms with Gasteiger partial charge in [0.15, 0.2) is 0 Å². The number of hydrogen-bond acceptors (Lipinski definition) is 6. The Kier molecular flexibility index (Phi) is 6.42. The van der Waals surface area contributed by atoms with Gasteiger partial charge in [0.2, 0.25) is 0 Å². The van der Waals surface area contributed by atoms with Crippen LogP contribution in [0.5, 0.6) is 5.75 Å². The van der Waals surface area contributed by atoms with Crippen LogP contribution in [0.1, 0.15) is 56.0 Å². The highest BCUT2D eigenvalue weighted by Crippen LogP contribution is 2.33. The number of aromatic amines is 1. The Labute approximate surface area is 239 Å². The third-order valence-corrected chi connectivity index (χ3v) is 9.22. The molecule has 0 aliphatic carbocycles. The Bertz CT molecular complexity index is 1810. The Morgan fingerprint density at radius 3 is 2.61 bits per heavy atom. The lowest BCUT2D eigenvalue weighted by molar-refractivity contribution is 0.0706. The Balaban J connectivity index is 1.02. The zero-order valence-electron chi connectivity index (χ0n) is 22.5. The molecule has 3 aromatic heterocycles. The minimum absolute atomic E-state index is 0.104. The van der Waals surface area contributed by atoms with Crippen LogP contribution in [0.4, 0.5) is 4.39 Å². The van der Waals surface area contributed by atoms with Crippen molar-refractivity contribution < 1.29 is 18.7 Å². The number of halogens is 1. The van der Waals surface area contributed by atoms with Crippen molar-refractivity contribution in [3.8, 4) is 5.75 Å². The highest BCUT2D eigenvalue weighted by Gasteiger charge is 2.30. The second kappa shape index (κ2) is 10.3. The van der Waals surface area contributed by atoms with Crippen molar-refractivity contribution in [2.24, 2.45) is 0 Å². The van der Waals surface area contributed by atoms with Crippen molar-refractivity contribution in [2.75, 3.05) is 26.7 Å². The Morgan fingerprint density at radius 2 is 1.78 bits per heavy atom. The molecule has 1 saturated heterocycles. The van der Waals surface area contributed by atoms with Crippen molar-refractivity contribution in [2.45, 2.75) is 31.7 Å². The van der Waals surface area contributed by atoms with Crippen molar-refractivity contribution in [1.82, 2.24) is 24.8 Å². The molecule has 0 unspecified atom stereocenters. The van der Waals surface area contributed by atoms with E-state index in [2.05, 4.69) is 9.97 Å². The number of aromatic nitrogens is 3. The molecular formula is C31H28FN5O3S. The fourth-order valence-corrected chi connectivity index (χ4v) is 6.97. The molecular weight excluding hydrogens is 541 g/mol. The summed E-state index contributed by atoms with van der Waals surface area (Å²) in [5.74, 6) is 0.328. The van der Waals surface area contributed by atoms with Crippen LogP contribution in [0.3, 0.4) is 0 Å². The van der Waals surface area contributed by atoms with Gasteiger partial charge in [-0.1, -0.05) is 12.1 Å². The molecule has 1 N–H and O–H groups in total. The quantitative estimate of drug-likeness (QED) is 0.307. The third-order valence-electron chi connectivity index (χ3n) is 8.21. The second-order valence-electron chi connectivity index (χ2n) is 10.6. The zero-order valence-corrected chi connectivity index (χ0v) is 23.3. The van der Waals surface area contributed by atoms with Gasteiger partial charge in [0.05, 0.1) is 17.6 Å². The molecule has 2 aliphatic rings. The summed E-state index contributed by atoms with van der Waals surface area (Å²) in [5.41, 5.74) is 4.49. The van der Waals surface area contributed by atoms with Gasteiger partial charge in [0, 0.05) is 77.5 Å². The summed E-state index contributed by atoms with van der Waals surface area (Å²) >= 11 is 1.51. The van der Waals surface area contributed by atoms with Gasteiger partial charge in [-0.25, -0.2) is 14.4 Å². The predicted molar refractivity (Wildman–Crippen MR) is 155 cm³/mol. The average molecular weight is 570 g/mol. The van der Waals surface area contributed by atoms with Gasteiger partial charge in [-0.2, -0.15) is 0 Å². The van der Waals surface area contributed by atoms with E-state index in [1.807, 2.05) is 34.5 Å². The van der Waals surface area contributed by atoms with Crippen LogP contribution in [-0.2, 0) is 13.0 Å². The lowest BCUT2D eigenvalue weighted by atomic mass is 9.97. The molecule has 2 aromatic carbocycles. The van der Waals surface area contributed by atoms with Gasteiger partial charge >= 0.3 is 0 Å². The van der Waals surface area contributed by atoms with Gasteiger partial charge in [-0.3, -0.25) is 9.59 Å². The van der Waals surface area contributed by atoms with Crippen molar-refractivity contribution >= 4 is 45.0 Å². The SMILES string of the molecule is COc1cc(C(=O)N2CCC(c3nc(C(=O)N4CCc5[nH]c6ccc(F)cc6c5C4)cs3)CC2)nc2ccccc12. The summed E-state index contributed by atoms with van der Waals surface area (Å²) in [6.45, 7) is 2.20. The number of thiazole rings is 1. The molecule has 0 atom stereocenters. The van der Waals surface area contributed by atoms with Crippen molar-refractivity contribution in [3.63, 3.8) is 0 Å². The van der Waals surface area contributed by atoms with E-state index in [1.54, 1.807) is 24.1 Å². The summed E-state index contributed by atoms with van der Waals surface area (Å²) in [7, 11) is 1.60. The maximum absolute atomic E-state index is 13.9. The lowest BCUT2D eigenvalue weighted by Gasteiger charge is -2.31. The number of methoxy groups -OCH3 is 1. The van der Waals surface area contributed by atoms with Crippen LogP contribution in [0.2, 0.25) is 0 Å². The van der Waals surface area contributed by atoms with Gasteiger partial charge in [-0.15, -0.1) is 11.3 Å². The second-order valence-corrected chi connectivity index (χ2v) is 11.5. The van der Waals surface area contributed by atoms with Crippen LogP contribution in [-0.4, -0.2) is 63.3 Å². The van der Waals surface area contributed by atoms with Crippen molar-refractivity contribution in [1.29, 1.82) is 0 Å². The minimum Gasteiger partial charge on any atom is -0.496 e. The standard InChI is InChI=1S/C31H28FN5O3S/c1-40-28-15-26(34-23-5-3-2-4-20(23)28)30(38)36-11-8-18(9-12-36)29-35-27(17-41-29)31(39)37-13-10-25-22(16-37)21-14-19(32)6-7-24(21)33-25/h2-7,14-15,17-18,33H,8-13,16H2,1H3. The number of rotatable bonds is 4. The van der Waals surface area contributed by atoms with Crippen LogP contribution < -0.4 is 4.74 Å². The Hall–Kier alpha value is -4.31. The largest absolute Gasteiger partial charge is 0.496 e. The number of H-pyrrole nitrogens is 1. The lowest BCUT2D eigenvalue weighted by Crippen LogP contribution is -2.38. The average Bonchev–Trinajstić information content (AvgIpc) is 3.65. The van der Waals surface area contributed by atoms with Gasteiger partial charge in [-0.05, 0) is 43.2 Å². The third kappa shape index (κ3) is 4.61. The Morgan fingerprint density at radius 1 is 0.976 bits per heavy atom. The van der Waals surface area contributed by atoms with Gasteiger partial charge in [0.1, 0.15) is 23.0 Å². The fraction of sp³-hybridized carbons (Fsp3) is 0.290. The maximum Gasteiger partial charge on any atom is 0.273 e. The van der Waals surface area contributed by atoms with Crippen molar-refractivity contribution in [3.05, 3.63) is 87.4 Å². The monoisotopic (exact) mass is 569 g/mol. The number of pyridine rings is 1. The maximum atomic E-state index is 13.9. The molecule has 2 amide bonds. The molecule has 5 heterocycles. The first-order valence-electron chi connectivity index (χ1n) is 13.7. The van der Waals surface area contributed by atoms with E-state index >= 15 is 0 Å². The number of nitrogens with one attached hydrogen (secondary N) is 1. The minimum atomic E-state index is -0.284. The molecule has 2 aliphatic heterocycles. The van der Waals surface area contributed by atoms with E-state index in [0.717, 1.165) is 50.9 Å². The number of fused-ring (bicyclic) bond motifs is 4. The molecule has 0 spiro atoms. The van der Waals surface area contributed by atoms with Gasteiger partial charge < -0.3 is 19.5 Å². The molecule has 1 fully saturated rings. The summed E-state index contributed by atoms with van der Waals surface area (Å²) < 4.78 is 19.4. The summed E-state index contributed by atoms with van der Waals surface area (Å²) in [6.07, 6.45) is 2.23. The molecule has 0 radical (unpaired) electrons. The van der Waals surface area contributed by atoms with Crippen LogP contribution in [0.15, 0.2) is 53.9 Å². The number of amides is 2. The summed E-state index contributed by atoms with van der Waals surface area (Å²) in [6, 6.07) is 14.1. The first-order valence-corrected chi connectivity index (χ1v) is 14.6. The molecule has 0 bridgehead atoms. The van der Waals surface area contributed by atoms with Crippen LogP contribution in [0.25, 0.3) is 21.8 Å². The number of hydrogen-bond donors (Lipinski definition) is 1. The summed E-state index contributed by atoms with van der Waals surface area (Å²) in [5, 5.41) is 4.47. The first kappa shape index (κ1) is 25.6. The van der Waals surface area contributed by atoms with E-state index in [4.69, 9.17) is 9.72 Å². The number of carbonyl (C=O) groups excluding carboxylic acids is 2. The van der Waals surface area contributed by atoms with Crippen LogP contribution in [0, 0.1) is 5.82 Å². The normalized spacial score (nSPS) is 15.9. The topological polar surface area (TPSA) is 91.4 Å². The molecule has 10 heteroatoms. The molecule has 208 valence electrons. The van der Waals surface area contributed by atoms with E-state index in [9.17, 15) is 14.0 Å². The first-order chi connectivity index (χ1) is 20.0. The van der Waals surface area contributed by atoms with Crippen LogP contribution >= 0.6 is 11.3 Å². The van der Waals surface area contributed by atoms with E-state index in [1.165, 1.54) is 23.5 Å². The summed E-state index contributed by atoms with van der Waals surface area (Å²) in [4.78, 5) is 43.0. The molecule has 5 aromatic rings. The number of ether oxygens (including phenoxy) is 1. The van der Waals surface area contributed by atoms with E-state index in [-0.39, 0.29) is 23.5 Å². The zero-order chi connectivity index (χ0) is 28.1. The number of carbonyl (C=O) groups is 2. The molecule has 8 nitrogen and oxygen atoms in total. The number of para-hydroxylation sites is 1. The smallest absolute Gasteiger partial charge is 0.273 e. The highest BCUT2D eigenvalue weighted by atomic mass is 32.1. The fourth-order valence-electron chi connectivity index (χ4n) is 6.01. The predicted octanol–water partition coefficient (Wildman–Crippen LogP) is 5.54. The molecule has 7 rings (SSSR count). The van der Waals surface area contributed by atoms with E-state index < -0.39 is 0 Å². The number of likely N-dealkylation sites (tertiary alicyclic amines) is 1. The molecule has 41 heavy (non-hydrogen) atoms. The molecule has 0 saturated carbocycles. The number of nitrogens with zero attached hydrogens (tertiary/aromatic N) is 4. The number of piperidine rings is 1.